The van der Waals surface area contributed by atoms with Gasteiger partial charge in [-0.3, -0.25) is 14.4 Å². The number of hydroxylamine groups is 1. The molecule has 0 aromatic heterocycles. The predicted octanol–water partition coefficient (Wildman–Crippen LogP) is -0.172. The zero-order valence-corrected chi connectivity index (χ0v) is 9.55. The molecule has 1 fully saturated rings. The number of nitrogens with two attached hydrogens (primary N) is 1. The van der Waals surface area contributed by atoms with Crippen LogP contribution in [0.25, 0.3) is 6.08 Å². The third-order valence-corrected chi connectivity index (χ3v) is 2.39. The molecule has 0 bridgehead atoms. The Hall–Kier alpha value is -2.34. The van der Waals surface area contributed by atoms with Crippen molar-refractivity contribution in [2.75, 3.05) is 12.3 Å². The van der Waals surface area contributed by atoms with Crippen LogP contribution >= 0.6 is 0 Å². The number of rotatable bonds is 3. The zero-order valence-electron chi connectivity index (χ0n) is 9.55. The highest BCUT2D eigenvalue weighted by Gasteiger charge is 2.26. The lowest BCUT2D eigenvalue weighted by Gasteiger charge is -2.04. The van der Waals surface area contributed by atoms with Gasteiger partial charge in [0.1, 0.15) is 12.6 Å². The van der Waals surface area contributed by atoms with E-state index in [2.05, 4.69) is 10.8 Å². The van der Waals surface area contributed by atoms with Gasteiger partial charge in [-0.05, 0) is 23.8 Å². The summed E-state index contributed by atoms with van der Waals surface area (Å²) in [5, 5.41) is 2.52. The Bertz CT molecular complexity index is 499. The quantitative estimate of drug-likeness (QED) is 0.510. The Morgan fingerprint density at radius 1 is 1.56 bits per heavy atom. The predicted molar refractivity (Wildman–Crippen MR) is 65.9 cm³/mol. The van der Waals surface area contributed by atoms with E-state index < -0.39 is 6.04 Å². The van der Waals surface area contributed by atoms with Crippen molar-refractivity contribution in [3.63, 3.8) is 0 Å². The average molecular weight is 247 g/mol. The first-order valence-corrected chi connectivity index (χ1v) is 5.41. The van der Waals surface area contributed by atoms with Crippen LogP contribution in [0.2, 0.25) is 0 Å². The van der Waals surface area contributed by atoms with Crippen LogP contribution in [0.1, 0.15) is 5.56 Å². The van der Waals surface area contributed by atoms with E-state index in [1.165, 1.54) is 6.08 Å². The van der Waals surface area contributed by atoms with Crippen LogP contribution in [0.4, 0.5) is 5.69 Å². The Labute approximate surface area is 104 Å². The maximum atomic E-state index is 11.5. The topological polar surface area (TPSA) is 93.5 Å². The van der Waals surface area contributed by atoms with Gasteiger partial charge in [0.25, 0.3) is 5.91 Å². The number of hydrogen-bond donors (Lipinski definition) is 3. The maximum absolute atomic E-state index is 11.5. The van der Waals surface area contributed by atoms with E-state index in [0.717, 1.165) is 5.56 Å². The van der Waals surface area contributed by atoms with Crippen LogP contribution in [-0.2, 0) is 14.4 Å². The number of benzene rings is 1. The van der Waals surface area contributed by atoms with Crippen LogP contribution in [0, 0.1) is 0 Å². The molecule has 6 heteroatoms. The van der Waals surface area contributed by atoms with Crippen molar-refractivity contribution in [1.82, 2.24) is 10.8 Å². The number of nitrogen functional groups attached to an aromatic ring is 1. The lowest BCUT2D eigenvalue weighted by atomic mass is 10.2. The van der Waals surface area contributed by atoms with Crippen molar-refractivity contribution in [1.29, 1.82) is 0 Å². The maximum Gasteiger partial charge on any atom is 0.268 e. The number of anilines is 1. The average Bonchev–Trinajstić information content (AvgIpc) is 2.73. The normalized spacial score (nSPS) is 18.9. The third-order valence-electron chi connectivity index (χ3n) is 2.39. The fourth-order valence-corrected chi connectivity index (χ4v) is 1.50. The molecule has 0 unspecified atom stereocenters. The summed E-state index contributed by atoms with van der Waals surface area (Å²) in [6.45, 7) is 0.136. The first kappa shape index (κ1) is 12.1. The fourth-order valence-electron chi connectivity index (χ4n) is 1.50. The SMILES string of the molecule is Nc1cccc(/C=C/C(=O)N[C@@H]2CONC2=O)c1. The molecule has 0 radical (unpaired) electrons. The third kappa shape index (κ3) is 3.08. The monoisotopic (exact) mass is 247 g/mol. The van der Waals surface area contributed by atoms with Gasteiger partial charge in [0.15, 0.2) is 0 Å². The van der Waals surface area contributed by atoms with Crippen LogP contribution in [0.15, 0.2) is 30.3 Å². The summed E-state index contributed by atoms with van der Waals surface area (Å²) >= 11 is 0. The molecule has 1 aromatic carbocycles. The first-order chi connectivity index (χ1) is 8.65. The Morgan fingerprint density at radius 3 is 3.06 bits per heavy atom. The molecular weight excluding hydrogens is 234 g/mol. The molecule has 0 aliphatic carbocycles. The molecule has 1 saturated heterocycles. The van der Waals surface area contributed by atoms with Crippen LogP contribution in [-0.4, -0.2) is 24.5 Å². The highest BCUT2D eigenvalue weighted by atomic mass is 16.7. The highest BCUT2D eigenvalue weighted by Crippen LogP contribution is 2.07. The van der Waals surface area contributed by atoms with Crippen molar-refractivity contribution in [2.24, 2.45) is 0 Å². The van der Waals surface area contributed by atoms with Gasteiger partial charge >= 0.3 is 0 Å². The van der Waals surface area contributed by atoms with Crippen LogP contribution < -0.4 is 16.5 Å². The van der Waals surface area contributed by atoms with Gasteiger partial charge in [0.2, 0.25) is 5.91 Å². The molecule has 4 N–H and O–H groups in total. The van der Waals surface area contributed by atoms with Gasteiger partial charge in [0, 0.05) is 11.8 Å². The molecule has 2 amide bonds. The molecule has 0 saturated carbocycles. The van der Waals surface area contributed by atoms with Gasteiger partial charge in [-0.1, -0.05) is 12.1 Å². The first-order valence-electron chi connectivity index (χ1n) is 5.41. The largest absolute Gasteiger partial charge is 0.399 e. The molecule has 1 heterocycles. The van der Waals surface area contributed by atoms with E-state index in [0.29, 0.717) is 5.69 Å². The lowest BCUT2D eigenvalue weighted by molar-refractivity contribution is -0.127. The summed E-state index contributed by atoms with van der Waals surface area (Å²) in [5.74, 6) is -0.705. The van der Waals surface area contributed by atoms with Crippen molar-refractivity contribution in [3.05, 3.63) is 35.9 Å². The van der Waals surface area contributed by atoms with E-state index in [-0.39, 0.29) is 18.4 Å². The summed E-state index contributed by atoms with van der Waals surface area (Å²) in [5.41, 5.74) is 9.22. The van der Waals surface area contributed by atoms with E-state index in [4.69, 9.17) is 10.6 Å². The Balaban J connectivity index is 1.93. The van der Waals surface area contributed by atoms with Gasteiger partial charge in [-0.25, -0.2) is 5.48 Å². The second-order valence-corrected chi connectivity index (χ2v) is 3.84. The van der Waals surface area contributed by atoms with Gasteiger partial charge < -0.3 is 11.1 Å². The highest BCUT2D eigenvalue weighted by molar-refractivity contribution is 5.95. The van der Waals surface area contributed by atoms with Crippen molar-refractivity contribution in [2.45, 2.75) is 6.04 Å². The van der Waals surface area contributed by atoms with E-state index >= 15 is 0 Å². The molecule has 18 heavy (non-hydrogen) atoms. The number of nitrogens with one attached hydrogen (secondary N) is 2. The van der Waals surface area contributed by atoms with Gasteiger partial charge in [-0.2, -0.15) is 0 Å². The molecule has 1 aliphatic heterocycles. The summed E-state index contributed by atoms with van der Waals surface area (Å²) in [6, 6.07) is 6.49. The minimum atomic E-state index is -0.636. The fraction of sp³-hybridized carbons (Fsp3) is 0.167. The standard InChI is InChI=1S/C12H13N3O3/c13-9-3-1-2-8(6-9)4-5-11(16)14-10-7-18-15-12(10)17/h1-6,10H,7,13H2,(H,14,16)(H,15,17)/b5-4+/t10-/m1/s1. The molecule has 0 spiro atoms. The Morgan fingerprint density at radius 2 is 2.39 bits per heavy atom. The van der Waals surface area contributed by atoms with Crippen molar-refractivity contribution in [3.8, 4) is 0 Å². The molecule has 1 atom stereocenters. The van der Waals surface area contributed by atoms with Crippen molar-refractivity contribution < 1.29 is 14.4 Å². The second kappa shape index (κ2) is 5.33. The molecule has 94 valence electrons. The summed E-state index contributed by atoms with van der Waals surface area (Å²) in [7, 11) is 0. The zero-order chi connectivity index (χ0) is 13.0. The van der Waals surface area contributed by atoms with E-state index in [1.54, 1.807) is 24.3 Å². The molecule has 6 nitrogen and oxygen atoms in total. The van der Waals surface area contributed by atoms with Crippen LogP contribution in [0.3, 0.4) is 0 Å². The van der Waals surface area contributed by atoms with Gasteiger partial charge in [-0.15, -0.1) is 0 Å². The minimum Gasteiger partial charge on any atom is -0.399 e. The van der Waals surface area contributed by atoms with E-state index in [1.807, 2.05) is 6.07 Å². The number of carbonyl (C=O) groups excluding carboxylic acids is 2. The molecule has 2 rings (SSSR count). The molecule has 1 aliphatic rings. The second-order valence-electron chi connectivity index (χ2n) is 3.84. The van der Waals surface area contributed by atoms with Crippen molar-refractivity contribution >= 4 is 23.6 Å². The Kier molecular flexibility index (Phi) is 3.59. The van der Waals surface area contributed by atoms with Crippen LogP contribution in [0.5, 0.6) is 0 Å². The minimum absolute atomic E-state index is 0.136. The number of amides is 2. The number of hydrogen-bond acceptors (Lipinski definition) is 4. The summed E-state index contributed by atoms with van der Waals surface area (Å²) in [4.78, 5) is 27.4. The molecular formula is C12H13N3O3. The van der Waals surface area contributed by atoms with E-state index in [9.17, 15) is 9.59 Å². The number of carbonyl (C=O) groups is 2. The summed E-state index contributed by atoms with van der Waals surface area (Å²) in [6.07, 6.45) is 2.97. The van der Waals surface area contributed by atoms with Gasteiger partial charge in [0.05, 0.1) is 0 Å². The lowest BCUT2D eigenvalue weighted by Crippen LogP contribution is -2.40. The smallest absolute Gasteiger partial charge is 0.268 e. The molecule has 1 aromatic rings. The summed E-state index contributed by atoms with van der Waals surface area (Å²) < 4.78 is 0.